The molecule has 4 bridgehead atoms. The zero-order chi connectivity index (χ0) is 29.9. The predicted octanol–water partition coefficient (Wildman–Crippen LogP) is -0.495. The lowest BCUT2D eigenvalue weighted by atomic mass is 9.95. The summed E-state index contributed by atoms with van der Waals surface area (Å²) in [6.07, 6.45) is 2.08. The number of hydrogen-bond acceptors (Lipinski definition) is 9. The van der Waals surface area contributed by atoms with Crippen LogP contribution in [0.3, 0.4) is 0 Å². The molecule has 1 aliphatic heterocycles. The minimum absolute atomic E-state index is 0.0156. The summed E-state index contributed by atoms with van der Waals surface area (Å²) in [6, 6.07) is 6.26. The summed E-state index contributed by atoms with van der Waals surface area (Å²) < 4.78 is 0. The van der Waals surface area contributed by atoms with Crippen molar-refractivity contribution in [2.45, 2.75) is 69.1 Å². The number of aliphatic hydroxyl groups excluding tert-OH is 1. The summed E-state index contributed by atoms with van der Waals surface area (Å²) >= 11 is 0. The number of amides is 3. The Labute approximate surface area is 239 Å². The van der Waals surface area contributed by atoms with Gasteiger partial charge in [-0.2, -0.15) is 0 Å². The Morgan fingerprint density at radius 2 is 1.51 bits per heavy atom. The Bertz CT molecular complexity index is 1210. The summed E-state index contributed by atoms with van der Waals surface area (Å²) in [6.45, 7) is 0.556. The number of fused-ring (bicyclic) bond motifs is 5. The van der Waals surface area contributed by atoms with Crippen molar-refractivity contribution in [1.29, 1.82) is 0 Å². The molecule has 0 spiro atoms. The lowest BCUT2D eigenvalue weighted by Crippen LogP contribution is -2.57. The summed E-state index contributed by atoms with van der Waals surface area (Å²) in [5.74, 6) is -1.79. The Kier molecular flexibility index (Phi) is 11.9. The van der Waals surface area contributed by atoms with Gasteiger partial charge in [-0.15, -0.1) is 0 Å². The number of rotatable bonds is 10. The van der Waals surface area contributed by atoms with Crippen LogP contribution in [-0.2, 0) is 27.2 Å². The molecule has 2 aromatic carbocycles. The van der Waals surface area contributed by atoms with Gasteiger partial charge in [0.1, 0.15) is 23.6 Å². The molecular weight excluding hydrogens is 528 g/mol. The minimum Gasteiger partial charge on any atom is -0.508 e. The van der Waals surface area contributed by atoms with Crippen molar-refractivity contribution in [2.24, 2.45) is 17.2 Å². The molecule has 0 fully saturated rings. The molecule has 3 amide bonds. The van der Waals surface area contributed by atoms with Crippen LogP contribution in [0.4, 0.5) is 0 Å². The Morgan fingerprint density at radius 1 is 0.902 bits per heavy atom. The normalized spacial score (nSPS) is 20.2. The number of hydrogen-bond donors (Lipinski definition) is 9. The zero-order valence-corrected chi connectivity index (χ0v) is 23.1. The fourth-order valence-electron chi connectivity index (χ4n) is 4.87. The van der Waals surface area contributed by atoms with Gasteiger partial charge in [-0.1, -0.05) is 12.1 Å². The van der Waals surface area contributed by atoms with E-state index >= 15 is 0 Å². The fraction of sp³-hybridized carbons (Fsp3) is 0.483. The summed E-state index contributed by atoms with van der Waals surface area (Å²) in [5, 5.41) is 39.0. The summed E-state index contributed by atoms with van der Waals surface area (Å²) in [4.78, 5) is 40.0. The van der Waals surface area contributed by atoms with Crippen molar-refractivity contribution in [3.63, 3.8) is 0 Å². The quantitative estimate of drug-likeness (QED) is 0.179. The molecule has 0 saturated heterocycles. The van der Waals surface area contributed by atoms with Crippen LogP contribution in [0.15, 0.2) is 36.4 Å². The number of aromatic hydroxyl groups is 2. The molecule has 1 heterocycles. The maximum absolute atomic E-state index is 13.5. The second kappa shape index (κ2) is 15.3. The molecule has 0 radical (unpaired) electrons. The summed E-state index contributed by atoms with van der Waals surface area (Å²) in [5.41, 5.74) is 19.7. The van der Waals surface area contributed by atoms with Crippen LogP contribution in [0, 0.1) is 0 Å². The van der Waals surface area contributed by atoms with Crippen molar-refractivity contribution in [3.8, 4) is 22.6 Å². The minimum atomic E-state index is -1.12. The number of phenols is 2. The van der Waals surface area contributed by atoms with Crippen molar-refractivity contribution < 1.29 is 29.7 Å². The number of carbonyl (C=O) groups is 3. The van der Waals surface area contributed by atoms with Crippen LogP contribution in [0.2, 0.25) is 0 Å². The topological polar surface area (TPSA) is 226 Å². The van der Waals surface area contributed by atoms with Gasteiger partial charge in [0.05, 0.1) is 6.04 Å². The predicted molar refractivity (Wildman–Crippen MR) is 155 cm³/mol. The van der Waals surface area contributed by atoms with Crippen molar-refractivity contribution in [2.75, 3.05) is 19.7 Å². The number of nitrogens with one attached hydrogen (secondary N) is 3. The molecule has 3 rings (SSSR count). The number of nitrogens with two attached hydrogens (primary N) is 3. The van der Waals surface area contributed by atoms with E-state index in [0.717, 1.165) is 0 Å². The maximum atomic E-state index is 13.5. The second-order valence-electron chi connectivity index (χ2n) is 10.4. The zero-order valence-electron chi connectivity index (χ0n) is 23.1. The van der Waals surface area contributed by atoms with Crippen molar-refractivity contribution >= 4 is 17.7 Å². The van der Waals surface area contributed by atoms with Crippen LogP contribution < -0.4 is 33.2 Å². The molecule has 0 saturated carbocycles. The van der Waals surface area contributed by atoms with E-state index in [1.54, 1.807) is 24.3 Å². The van der Waals surface area contributed by atoms with Gasteiger partial charge in [0.25, 0.3) is 0 Å². The second-order valence-corrected chi connectivity index (χ2v) is 10.4. The molecule has 4 atom stereocenters. The van der Waals surface area contributed by atoms with E-state index in [2.05, 4.69) is 16.0 Å². The van der Waals surface area contributed by atoms with Crippen molar-refractivity contribution in [1.82, 2.24) is 16.0 Å². The van der Waals surface area contributed by atoms with Gasteiger partial charge in [0, 0.05) is 25.5 Å². The average molecular weight is 571 g/mol. The van der Waals surface area contributed by atoms with E-state index in [4.69, 9.17) is 17.2 Å². The number of benzene rings is 2. The van der Waals surface area contributed by atoms with Crippen LogP contribution >= 0.6 is 0 Å². The highest BCUT2D eigenvalue weighted by Crippen LogP contribution is 2.31. The smallest absolute Gasteiger partial charge is 0.243 e. The standard InChI is InChI=1S/C29H42N6O6/c30-10-1-3-21(9-12-36)33-29(41)24-16-20-14-18(6-8-26(20)38)17-5-7-25(37)19(13-17)15-22(32)27(39)34-23(4-2-11-31)28(40)35-24/h5-8,13-14,21-24,36-38H,1-4,9-12,15-16,30-32H2,(H,33,41)(H,34,39)(H,35,40)/t21?,22-,23+,24+/m0/s1. The lowest BCUT2D eigenvalue weighted by Gasteiger charge is -2.26. The van der Waals surface area contributed by atoms with Crippen LogP contribution in [0.25, 0.3) is 11.1 Å². The maximum Gasteiger partial charge on any atom is 0.243 e. The van der Waals surface area contributed by atoms with E-state index in [9.17, 15) is 29.7 Å². The molecular formula is C29H42N6O6. The van der Waals surface area contributed by atoms with E-state index in [0.29, 0.717) is 54.5 Å². The van der Waals surface area contributed by atoms with E-state index < -0.39 is 35.8 Å². The first kappa shape index (κ1) is 31.8. The lowest BCUT2D eigenvalue weighted by molar-refractivity contribution is -0.132. The molecule has 1 unspecified atom stereocenters. The van der Waals surface area contributed by atoms with Gasteiger partial charge >= 0.3 is 0 Å². The van der Waals surface area contributed by atoms with Crippen LogP contribution in [-0.4, -0.2) is 76.9 Å². The molecule has 12 nitrogen and oxygen atoms in total. The molecule has 2 aromatic rings. The molecule has 12 heteroatoms. The van der Waals surface area contributed by atoms with E-state index in [1.165, 1.54) is 12.1 Å². The highest BCUT2D eigenvalue weighted by molar-refractivity contribution is 5.93. The summed E-state index contributed by atoms with van der Waals surface area (Å²) in [7, 11) is 0. The number of phenolic OH excluding ortho intramolecular Hbond substituents is 2. The van der Waals surface area contributed by atoms with E-state index in [1.807, 2.05) is 0 Å². The fourth-order valence-corrected chi connectivity index (χ4v) is 4.87. The molecule has 0 aliphatic carbocycles. The van der Waals surface area contributed by atoms with E-state index in [-0.39, 0.29) is 50.0 Å². The molecule has 1 aliphatic rings. The first-order valence-corrected chi connectivity index (χ1v) is 14.0. The van der Waals surface area contributed by atoms with Gasteiger partial charge in [0.2, 0.25) is 17.7 Å². The third kappa shape index (κ3) is 8.89. The molecule has 0 aromatic heterocycles. The Balaban J connectivity index is 2.05. The number of carbonyl (C=O) groups excluding carboxylic acids is 3. The molecule has 12 N–H and O–H groups in total. The highest BCUT2D eigenvalue weighted by atomic mass is 16.3. The van der Waals surface area contributed by atoms with Gasteiger partial charge in [0.15, 0.2) is 0 Å². The largest absolute Gasteiger partial charge is 0.508 e. The first-order valence-electron chi connectivity index (χ1n) is 14.0. The first-order chi connectivity index (χ1) is 19.7. The SMILES string of the molecule is NCCCC(CCO)NC(=O)[C@H]1Cc2cc(ccc2O)-c2ccc(O)c(c2)C[C@H](N)C(=O)N[C@H](CCCN)C(=O)N1. The molecule has 224 valence electrons. The third-order valence-corrected chi connectivity index (χ3v) is 7.24. The van der Waals surface area contributed by atoms with Crippen molar-refractivity contribution in [3.05, 3.63) is 47.5 Å². The van der Waals surface area contributed by atoms with Crippen LogP contribution in [0.5, 0.6) is 11.5 Å². The van der Waals surface area contributed by atoms with Gasteiger partial charge < -0.3 is 48.5 Å². The van der Waals surface area contributed by atoms with Gasteiger partial charge in [-0.25, -0.2) is 0 Å². The Hall–Kier alpha value is -3.71. The number of aliphatic hydroxyl groups is 1. The van der Waals surface area contributed by atoms with Gasteiger partial charge in [-0.3, -0.25) is 14.4 Å². The molecule has 41 heavy (non-hydrogen) atoms. The third-order valence-electron chi connectivity index (χ3n) is 7.24. The van der Waals surface area contributed by atoms with Crippen LogP contribution in [0.1, 0.15) is 43.2 Å². The highest BCUT2D eigenvalue weighted by Gasteiger charge is 2.30. The average Bonchev–Trinajstić information content (AvgIpc) is 2.95. The van der Waals surface area contributed by atoms with Gasteiger partial charge in [-0.05, 0) is 91.7 Å². The monoisotopic (exact) mass is 570 g/mol. The Morgan fingerprint density at radius 3 is 2.10 bits per heavy atom.